The minimum Gasteiger partial charge on any atom is -0.396 e. The van der Waals surface area contributed by atoms with Crippen LogP contribution in [0.5, 0.6) is 0 Å². The molecule has 0 rings (SSSR count). The van der Waals surface area contributed by atoms with Crippen molar-refractivity contribution in [3.8, 4) is 0 Å². The standard InChI is InChI=1S/C16H26O/c1-2-3-4-5-6-7-8-9-10-11-12-13-14-15-16-17/h2-3,9-14,17H,4-8,15-16H2,1H3/b3-2+,10-9+,12-11+,14-13+. The Hall–Kier alpha value is -1.08. The van der Waals surface area contributed by atoms with Gasteiger partial charge in [-0.2, -0.15) is 0 Å². The average molecular weight is 234 g/mol. The molecule has 0 amide bonds. The van der Waals surface area contributed by atoms with Crippen molar-refractivity contribution >= 4 is 0 Å². The van der Waals surface area contributed by atoms with Crippen molar-refractivity contribution in [2.75, 3.05) is 6.61 Å². The minimum absolute atomic E-state index is 0.230. The summed E-state index contributed by atoms with van der Waals surface area (Å²) in [4.78, 5) is 0. The lowest BCUT2D eigenvalue weighted by Gasteiger charge is -1.94. The van der Waals surface area contributed by atoms with Crippen molar-refractivity contribution in [1.82, 2.24) is 0 Å². The van der Waals surface area contributed by atoms with Gasteiger partial charge in [0.25, 0.3) is 0 Å². The van der Waals surface area contributed by atoms with E-state index in [1.165, 1.54) is 32.1 Å². The Labute approximate surface area is 106 Å². The number of aliphatic hydroxyl groups excluding tert-OH is 1. The molecule has 0 aromatic carbocycles. The molecule has 96 valence electrons. The minimum atomic E-state index is 0.230. The molecule has 0 aliphatic carbocycles. The Bertz CT molecular complexity index is 246. The van der Waals surface area contributed by atoms with Crippen LogP contribution in [0.25, 0.3) is 0 Å². The van der Waals surface area contributed by atoms with E-state index in [0.717, 1.165) is 6.42 Å². The van der Waals surface area contributed by atoms with E-state index in [4.69, 9.17) is 5.11 Å². The van der Waals surface area contributed by atoms with Gasteiger partial charge >= 0.3 is 0 Å². The van der Waals surface area contributed by atoms with Gasteiger partial charge in [0, 0.05) is 6.61 Å². The van der Waals surface area contributed by atoms with Gasteiger partial charge in [-0.3, -0.25) is 0 Å². The molecular weight excluding hydrogens is 208 g/mol. The quantitative estimate of drug-likeness (QED) is 0.334. The highest BCUT2D eigenvalue weighted by Crippen LogP contribution is 2.04. The summed E-state index contributed by atoms with van der Waals surface area (Å²) in [5.41, 5.74) is 0. The number of hydrogen-bond donors (Lipinski definition) is 1. The fraction of sp³-hybridized carbons (Fsp3) is 0.500. The van der Waals surface area contributed by atoms with Crippen molar-refractivity contribution in [2.24, 2.45) is 0 Å². The van der Waals surface area contributed by atoms with Crippen molar-refractivity contribution in [1.29, 1.82) is 0 Å². The second kappa shape index (κ2) is 14.9. The molecule has 0 bridgehead atoms. The van der Waals surface area contributed by atoms with Crippen molar-refractivity contribution in [3.05, 3.63) is 48.6 Å². The Morgan fingerprint density at radius 2 is 1.29 bits per heavy atom. The molecule has 17 heavy (non-hydrogen) atoms. The number of rotatable bonds is 10. The number of unbranched alkanes of at least 4 members (excludes halogenated alkanes) is 4. The molecule has 0 fully saturated rings. The average Bonchev–Trinajstić information content (AvgIpc) is 2.35. The van der Waals surface area contributed by atoms with E-state index in [0.29, 0.717) is 0 Å². The third-order valence-corrected chi connectivity index (χ3v) is 2.38. The van der Waals surface area contributed by atoms with Crippen molar-refractivity contribution in [2.45, 2.75) is 45.4 Å². The number of hydrogen-bond acceptors (Lipinski definition) is 1. The van der Waals surface area contributed by atoms with Gasteiger partial charge in [-0.15, -0.1) is 0 Å². The monoisotopic (exact) mass is 234 g/mol. The molecule has 0 saturated carbocycles. The summed E-state index contributed by atoms with van der Waals surface area (Å²) in [6, 6.07) is 0. The lowest BCUT2D eigenvalue weighted by atomic mass is 10.1. The van der Waals surface area contributed by atoms with Crippen LogP contribution in [-0.2, 0) is 0 Å². The lowest BCUT2D eigenvalue weighted by Crippen LogP contribution is -1.74. The van der Waals surface area contributed by atoms with E-state index in [9.17, 15) is 0 Å². The topological polar surface area (TPSA) is 20.2 Å². The molecule has 0 atom stereocenters. The van der Waals surface area contributed by atoms with Crippen LogP contribution in [0.2, 0.25) is 0 Å². The predicted octanol–water partition coefficient (Wildman–Crippen LogP) is 4.56. The van der Waals surface area contributed by atoms with E-state index < -0.39 is 0 Å². The fourth-order valence-electron chi connectivity index (χ4n) is 1.42. The third kappa shape index (κ3) is 14.9. The Morgan fingerprint density at radius 1 is 0.706 bits per heavy atom. The van der Waals surface area contributed by atoms with Gasteiger partial charge in [-0.25, -0.2) is 0 Å². The SMILES string of the molecule is C/C=C/CCCCC/C=C/C=C/C=C/CCO. The van der Waals surface area contributed by atoms with Crippen molar-refractivity contribution < 1.29 is 5.11 Å². The number of aliphatic hydroxyl groups is 1. The van der Waals surface area contributed by atoms with Gasteiger partial charge < -0.3 is 5.11 Å². The molecule has 0 spiro atoms. The van der Waals surface area contributed by atoms with Gasteiger partial charge in [-0.05, 0) is 39.0 Å². The molecular formula is C16H26O. The van der Waals surface area contributed by atoms with E-state index >= 15 is 0 Å². The van der Waals surface area contributed by atoms with Gasteiger partial charge in [-0.1, -0.05) is 55.0 Å². The van der Waals surface area contributed by atoms with E-state index in [1.54, 1.807) is 0 Å². The maximum absolute atomic E-state index is 8.55. The molecule has 0 aromatic heterocycles. The molecule has 0 aliphatic rings. The maximum atomic E-state index is 8.55. The van der Waals surface area contributed by atoms with Crippen LogP contribution in [0.15, 0.2) is 48.6 Å². The molecule has 0 aliphatic heterocycles. The first-order valence-electron chi connectivity index (χ1n) is 6.62. The largest absolute Gasteiger partial charge is 0.396 e. The van der Waals surface area contributed by atoms with E-state index in [-0.39, 0.29) is 6.61 Å². The molecule has 1 N–H and O–H groups in total. The highest BCUT2D eigenvalue weighted by atomic mass is 16.2. The Kier molecular flexibility index (Phi) is 14.0. The van der Waals surface area contributed by atoms with E-state index in [2.05, 4.69) is 31.2 Å². The fourth-order valence-corrected chi connectivity index (χ4v) is 1.42. The van der Waals surface area contributed by atoms with Crippen molar-refractivity contribution in [3.63, 3.8) is 0 Å². The number of allylic oxidation sites excluding steroid dienone is 7. The molecule has 0 heterocycles. The van der Waals surface area contributed by atoms with Gasteiger partial charge in [0.2, 0.25) is 0 Å². The molecule has 0 aromatic rings. The van der Waals surface area contributed by atoms with Gasteiger partial charge in [0.15, 0.2) is 0 Å². The summed E-state index contributed by atoms with van der Waals surface area (Å²) < 4.78 is 0. The first-order valence-corrected chi connectivity index (χ1v) is 6.62. The van der Waals surface area contributed by atoms with Crippen LogP contribution in [0.4, 0.5) is 0 Å². The predicted molar refractivity (Wildman–Crippen MR) is 77.0 cm³/mol. The Morgan fingerprint density at radius 3 is 1.88 bits per heavy atom. The molecule has 1 nitrogen and oxygen atoms in total. The Balaban J connectivity index is 3.30. The van der Waals surface area contributed by atoms with Crippen LogP contribution in [0, 0.1) is 0 Å². The summed E-state index contributed by atoms with van der Waals surface area (Å²) in [7, 11) is 0. The smallest absolute Gasteiger partial charge is 0.0465 e. The maximum Gasteiger partial charge on any atom is 0.0465 e. The summed E-state index contributed by atoms with van der Waals surface area (Å²) >= 11 is 0. The van der Waals surface area contributed by atoms with Crippen LogP contribution in [-0.4, -0.2) is 11.7 Å². The molecule has 0 saturated heterocycles. The summed E-state index contributed by atoms with van der Waals surface area (Å²) in [5, 5.41) is 8.55. The normalized spacial score (nSPS) is 12.8. The highest BCUT2D eigenvalue weighted by Gasteiger charge is 1.84. The summed E-state index contributed by atoms with van der Waals surface area (Å²) in [6.45, 7) is 2.30. The first kappa shape index (κ1) is 15.9. The highest BCUT2D eigenvalue weighted by molar-refractivity contribution is 5.10. The zero-order valence-electron chi connectivity index (χ0n) is 11.0. The molecule has 0 radical (unpaired) electrons. The summed E-state index contributed by atoms with van der Waals surface area (Å²) in [5.74, 6) is 0. The van der Waals surface area contributed by atoms with Crippen LogP contribution < -0.4 is 0 Å². The molecule has 1 heteroatoms. The second-order valence-electron chi connectivity index (χ2n) is 3.96. The third-order valence-electron chi connectivity index (χ3n) is 2.38. The van der Waals surface area contributed by atoms with Crippen LogP contribution in [0.1, 0.15) is 45.4 Å². The first-order chi connectivity index (χ1) is 8.41. The van der Waals surface area contributed by atoms with Gasteiger partial charge in [0.05, 0.1) is 0 Å². The van der Waals surface area contributed by atoms with Crippen LogP contribution in [0.3, 0.4) is 0 Å². The molecule has 0 unspecified atom stereocenters. The second-order valence-corrected chi connectivity index (χ2v) is 3.96. The van der Waals surface area contributed by atoms with Crippen LogP contribution >= 0.6 is 0 Å². The summed E-state index contributed by atoms with van der Waals surface area (Å²) in [6.07, 6.45) is 23.6. The lowest BCUT2D eigenvalue weighted by molar-refractivity contribution is 0.302. The zero-order valence-corrected chi connectivity index (χ0v) is 11.0. The van der Waals surface area contributed by atoms with E-state index in [1.807, 2.05) is 24.3 Å². The zero-order chi connectivity index (χ0) is 12.6. The van der Waals surface area contributed by atoms with Gasteiger partial charge in [0.1, 0.15) is 0 Å².